The molecule has 1 unspecified atom stereocenters. The average Bonchev–Trinajstić information content (AvgIpc) is 2.30. The highest BCUT2D eigenvalue weighted by atomic mass is 28.3. The highest BCUT2D eigenvalue weighted by Crippen LogP contribution is 2.18. The fourth-order valence-electron chi connectivity index (χ4n) is 1.45. The maximum Gasteiger partial charge on any atom is 0.328 e. The summed E-state index contributed by atoms with van der Waals surface area (Å²) in [5.74, 6) is 0. The van der Waals surface area contributed by atoms with Crippen molar-refractivity contribution >= 4 is 9.28 Å². The minimum Gasteiger partial charge on any atom is -0.396 e. The van der Waals surface area contributed by atoms with Crippen LogP contribution < -0.4 is 0 Å². The van der Waals surface area contributed by atoms with Crippen molar-refractivity contribution < 1.29 is 8.85 Å². The third kappa shape index (κ3) is 7.20. The summed E-state index contributed by atoms with van der Waals surface area (Å²) in [4.78, 5) is 0. The lowest BCUT2D eigenvalue weighted by molar-refractivity contribution is 0.186. The lowest BCUT2D eigenvalue weighted by Crippen LogP contribution is -2.29. The molecule has 0 amide bonds. The molecule has 0 aliphatic rings. The van der Waals surface area contributed by atoms with E-state index in [-0.39, 0.29) is 0 Å². The van der Waals surface area contributed by atoms with Gasteiger partial charge >= 0.3 is 9.28 Å². The molecule has 0 spiro atoms. The molecular formula is C13H28O2Si. The zero-order chi connectivity index (χ0) is 12.2. The topological polar surface area (TPSA) is 18.5 Å². The Morgan fingerprint density at radius 1 is 1.06 bits per heavy atom. The minimum atomic E-state index is -1.53. The molecule has 0 aliphatic heterocycles. The van der Waals surface area contributed by atoms with Crippen molar-refractivity contribution in [1.82, 2.24) is 0 Å². The number of hydrogen-bond donors (Lipinski definition) is 0. The molecule has 0 fully saturated rings. The first-order chi connectivity index (χ1) is 7.79. The largest absolute Gasteiger partial charge is 0.396 e. The standard InChI is InChI=1S/C13H28O2Si/c1-5-9-11-14-16(13(7-3)8-4)15-12-10-6-2/h7,13,16H,3,5-6,8-12H2,1-2,4H3. The second kappa shape index (κ2) is 11.4. The summed E-state index contributed by atoms with van der Waals surface area (Å²) in [6.45, 7) is 12.1. The summed E-state index contributed by atoms with van der Waals surface area (Å²) in [7, 11) is -1.53. The third-order valence-corrected chi connectivity index (χ3v) is 5.25. The van der Waals surface area contributed by atoms with E-state index < -0.39 is 9.28 Å². The van der Waals surface area contributed by atoms with E-state index >= 15 is 0 Å². The Balaban J connectivity index is 3.97. The molecule has 0 rings (SSSR count). The van der Waals surface area contributed by atoms with Crippen molar-refractivity contribution in [2.24, 2.45) is 0 Å². The Kier molecular flexibility index (Phi) is 11.3. The summed E-state index contributed by atoms with van der Waals surface area (Å²) < 4.78 is 11.8. The summed E-state index contributed by atoms with van der Waals surface area (Å²) in [5, 5.41) is 0. The number of unbranched alkanes of at least 4 members (excludes halogenated alkanes) is 2. The average molecular weight is 244 g/mol. The molecule has 2 nitrogen and oxygen atoms in total. The van der Waals surface area contributed by atoms with E-state index in [0.717, 1.165) is 32.5 Å². The van der Waals surface area contributed by atoms with Crippen LogP contribution in [-0.4, -0.2) is 22.5 Å². The Morgan fingerprint density at radius 2 is 1.56 bits per heavy atom. The van der Waals surface area contributed by atoms with Crippen molar-refractivity contribution in [3.63, 3.8) is 0 Å². The van der Waals surface area contributed by atoms with Gasteiger partial charge in [0.15, 0.2) is 0 Å². The molecule has 0 heterocycles. The molecule has 0 radical (unpaired) electrons. The maximum atomic E-state index is 5.92. The van der Waals surface area contributed by atoms with Gasteiger partial charge in [0.05, 0.1) is 0 Å². The Hall–Kier alpha value is -0.123. The Morgan fingerprint density at radius 3 is 1.88 bits per heavy atom. The van der Waals surface area contributed by atoms with Gasteiger partial charge in [-0.1, -0.05) is 39.7 Å². The van der Waals surface area contributed by atoms with E-state index in [1.807, 2.05) is 6.08 Å². The van der Waals surface area contributed by atoms with Crippen LogP contribution in [0.1, 0.15) is 52.9 Å². The molecule has 0 aromatic rings. The van der Waals surface area contributed by atoms with Crippen molar-refractivity contribution in [3.8, 4) is 0 Å². The summed E-state index contributed by atoms with van der Waals surface area (Å²) >= 11 is 0. The second-order valence-corrected chi connectivity index (χ2v) is 6.38. The van der Waals surface area contributed by atoms with Gasteiger partial charge in [0.1, 0.15) is 0 Å². The van der Waals surface area contributed by atoms with Crippen LogP contribution in [0.15, 0.2) is 12.7 Å². The molecule has 16 heavy (non-hydrogen) atoms. The normalized spacial score (nSPS) is 13.0. The van der Waals surface area contributed by atoms with Crippen LogP contribution in [0.25, 0.3) is 0 Å². The van der Waals surface area contributed by atoms with Gasteiger partial charge in [0, 0.05) is 18.8 Å². The van der Waals surface area contributed by atoms with Crippen LogP contribution in [0.2, 0.25) is 5.54 Å². The fourth-order valence-corrected chi connectivity index (χ4v) is 3.45. The highest BCUT2D eigenvalue weighted by molar-refractivity contribution is 6.47. The molecule has 0 aromatic heterocycles. The van der Waals surface area contributed by atoms with Crippen LogP contribution in [0.3, 0.4) is 0 Å². The van der Waals surface area contributed by atoms with Gasteiger partial charge in [-0.2, -0.15) is 0 Å². The van der Waals surface area contributed by atoms with Gasteiger partial charge in [-0.3, -0.25) is 0 Å². The Bertz CT molecular complexity index is 152. The smallest absolute Gasteiger partial charge is 0.328 e. The summed E-state index contributed by atoms with van der Waals surface area (Å²) in [5.41, 5.74) is 0.453. The van der Waals surface area contributed by atoms with Gasteiger partial charge in [0.25, 0.3) is 0 Å². The molecule has 0 saturated carbocycles. The van der Waals surface area contributed by atoms with E-state index in [4.69, 9.17) is 8.85 Å². The predicted octanol–water partition coefficient (Wildman–Crippen LogP) is 3.81. The summed E-state index contributed by atoms with van der Waals surface area (Å²) in [6.07, 6.45) is 7.72. The van der Waals surface area contributed by atoms with Gasteiger partial charge in [-0.25, -0.2) is 0 Å². The quantitative estimate of drug-likeness (QED) is 0.313. The van der Waals surface area contributed by atoms with Gasteiger partial charge < -0.3 is 8.85 Å². The van der Waals surface area contributed by atoms with Crippen LogP contribution in [0.4, 0.5) is 0 Å². The van der Waals surface area contributed by atoms with E-state index in [9.17, 15) is 0 Å². The molecule has 0 N–H and O–H groups in total. The predicted molar refractivity (Wildman–Crippen MR) is 73.1 cm³/mol. The van der Waals surface area contributed by atoms with Gasteiger partial charge in [-0.15, -0.1) is 6.58 Å². The first-order valence-corrected chi connectivity index (χ1v) is 8.26. The van der Waals surface area contributed by atoms with Crippen LogP contribution in [0, 0.1) is 0 Å². The lowest BCUT2D eigenvalue weighted by Gasteiger charge is -2.22. The zero-order valence-corrected chi connectivity index (χ0v) is 12.4. The number of rotatable bonds is 11. The van der Waals surface area contributed by atoms with Crippen LogP contribution in [-0.2, 0) is 8.85 Å². The van der Waals surface area contributed by atoms with E-state index in [2.05, 4.69) is 27.4 Å². The van der Waals surface area contributed by atoms with Crippen molar-refractivity contribution in [3.05, 3.63) is 12.7 Å². The minimum absolute atomic E-state index is 0.453. The first-order valence-electron chi connectivity index (χ1n) is 6.65. The SMILES string of the molecule is C=CC(CC)[SiH](OCCCC)OCCCC. The van der Waals surface area contributed by atoms with Crippen LogP contribution in [0.5, 0.6) is 0 Å². The molecule has 0 aliphatic carbocycles. The van der Waals surface area contributed by atoms with Gasteiger partial charge in [-0.05, 0) is 19.3 Å². The Labute approximate surface area is 103 Å². The number of hydrogen-bond acceptors (Lipinski definition) is 2. The molecule has 0 saturated heterocycles. The third-order valence-electron chi connectivity index (χ3n) is 2.68. The number of allylic oxidation sites excluding steroid dienone is 1. The molecule has 1 atom stereocenters. The molecular weight excluding hydrogens is 216 g/mol. The fraction of sp³-hybridized carbons (Fsp3) is 0.846. The molecule has 96 valence electrons. The van der Waals surface area contributed by atoms with E-state index in [1.54, 1.807) is 0 Å². The van der Waals surface area contributed by atoms with Crippen molar-refractivity contribution in [1.29, 1.82) is 0 Å². The van der Waals surface area contributed by atoms with Crippen molar-refractivity contribution in [2.45, 2.75) is 58.4 Å². The van der Waals surface area contributed by atoms with Crippen molar-refractivity contribution in [2.75, 3.05) is 13.2 Å². The maximum absolute atomic E-state index is 5.92. The van der Waals surface area contributed by atoms with Gasteiger partial charge in [0.2, 0.25) is 0 Å². The first kappa shape index (κ1) is 15.9. The van der Waals surface area contributed by atoms with E-state index in [1.165, 1.54) is 12.8 Å². The lowest BCUT2D eigenvalue weighted by atomic mass is 10.3. The zero-order valence-electron chi connectivity index (χ0n) is 11.2. The molecule has 0 aromatic carbocycles. The highest BCUT2D eigenvalue weighted by Gasteiger charge is 2.21. The van der Waals surface area contributed by atoms with E-state index in [0.29, 0.717) is 5.54 Å². The second-order valence-electron chi connectivity index (χ2n) is 4.12. The van der Waals surface area contributed by atoms with Crippen LogP contribution >= 0.6 is 0 Å². The monoisotopic (exact) mass is 244 g/mol. The summed E-state index contributed by atoms with van der Waals surface area (Å²) in [6, 6.07) is 0. The molecule has 0 bridgehead atoms. The molecule has 3 heteroatoms.